The van der Waals surface area contributed by atoms with Crippen LogP contribution in [0.25, 0.3) is 22.8 Å². The molecule has 2 amide bonds. The number of rotatable bonds is 10. The van der Waals surface area contributed by atoms with E-state index >= 15 is 0 Å². The van der Waals surface area contributed by atoms with Crippen molar-refractivity contribution in [3.63, 3.8) is 0 Å². The molecular weight excluding hydrogens is 763 g/mol. The molecule has 6 aromatic rings. The number of halogens is 2. The van der Waals surface area contributed by atoms with Gasteiger partial charge >= 0.3 is 0 Å². The van der Waals surface area contributed by atoms with E-state index in [9.17, 15) is 9.59 Å². The van der Waals surface area contributed by atoms with E-state index in [-0.39, 0.29) is 38.0 Å². The monoisotopic (exact) mass is 802 g/mol. The van der Waals surface area contributed by atoms with Gasteiger partial charge in [0.05, 0.1) is 36.9 Å². The highest BCUT2D eigenvalue weighted by Gasteiger charge is 2.18. The molecule has 7 rings (SSSR count). The predicted octanol–water partition coefficient (Wildman–Crippen LogP) is 3.48. The normalized spacial score (nSPS) is 15.8. The number of benzene rings is 2. The second-order valence-electron chi connectivity index (χ2n) is 13.4. The Balaban J connectivity index is 0.944. The maximum Gasteiger partial charge on any atom is 0.248 e. The van der Waals surface area contributed by atoms with Crippen LogP contribution in [0, 0.1) is 0 Å². The third-order valence-corrected chi connectivity index (χ3v) is 9.36. The molecule has 0 unspecified atom stereocenters. The molecule has 1 fully saturated rings. The van der Waals surface area contributed by atoms with Crippen molar-refractivity contribution in [1.29, 1.82) is 0 Å². The summed E-state index contributed by atoms with van der Waals surface area (Å²) in [6.07, 6.45) is 6.65. The quantitative estimate of drug-likeness (QED) is 0.204. The van der Waals surface area contributed by atoms with Crippen LogP contribution in [0.3, 0.4) is 0 Å². The summed E-state index contributed by atoms with van der Waals surface area (Å²) in [5.41, 5.74) is 2.98. The van der Waals surface area contributed by atoms with Crippen LogP contribution in [0.2, 0.25) is 10.0 Å². The van der Waals surface area contributed by atoms with Crippen molar-refractivity contribution in [1.82, 2.24) is 70.7 Å². The molecule has 1 saturated heterocycles. The lowest BCUT2D eigenvalue weighted by atomic mass is 10.2. The van der Waals surface area contributed by atoms with Gasteiger partial charge in [-0.25, -0.2) is 9.36 Å². The molecule has 0 spiro atoms. The van der Waals surface area contributed by atoms with Crippen molar-refractivity contribution in [3.8, 4) is 22.8 Å². The van der Waals surface area contributed by atoms with Crippen molar-refractivity contribution in [2.75, 3.05) is 39.3 Å². The van der Waals surface area contributed by atoms with Crippen molar-refractivity contribution in [3.05, 3.63) is 94.1 Å². The number of carbonyl (C=O) groups excluding carboxylic acids is 2. The zero-order valence-corrected chi connectivity index (χ0v) is 31.9. The Morgan fingerprint density at radius 3 is 1.45 bits per heavy atom. The topological polar surface area (TPSA) is 204 Å². The third kappa shape index (κ3) is 11.2. The summed E-state index contributed by atoms with van der Waals surface area (Å²) in [4.78, 5) is 38.9. The molecule has 5 heterocycles. The Morgan fingerprint density at radius 1 is 0.589 bits per heavy atom. The second kappa shape index (κ2) is 18.9. The summed E-state index contributed by atoms with van der Waals surface area (Å²) in [7, 11) is 0. The number of aromatic nitrogens is 10. The largest absolute Gasteiger partial charge is 0.355 e. The van der Waals surface area contributed by atoms with Gasteiger partial charge in [0.1, 0.15) is 13.1 Å². The van der Waals surface area contributed by atoms with Gasteiger partial charge in [-0.1, -0.05) is 43.9 Å². The van der Waals surface area contributed by atoms with Crippen LogP contribution >= 0.6 is 23.2 Å². The van der Waals surface area contributed by atoms with Gasteiger partial charge in [-0.15, -0.1) is 10.2 Å². The number of amides is 2. The molecule has 20 heteroatoms. The van der Waals surface area contributed by atoms with Gasteiger partial charge in [0.2, 0.25) is 35.2 Å². The van der Waals surface area contributed by atoms with E-state index in [0.29, 0.717) is 84.1 Å². The fraction of sp³-hybridized carbons (Fsp3) is 0.389. The molecule has 18 nitrogen and oxygen atoms in total. The van der Waals surface area contributed by atoms with E-state index in [0.717, 1.165) is 36.8 Å². The minimum absolute atomic E-state index is 0.0689. The fourth-order valence-corrected chi connectivity index (χ4v) is 6.36. The first kappa shape index (κ1) is 38.7. The highest BCUT2D eigenvalue weighted by Crippen LogP contribution is 2.20. The van der Waals surface area contributed by atoms with Gasteiger partial charge in [-0.3, -0.25) is 19.4 Å². The lowest BCUT2D eigenvalue weighted by Crippen LogP contribution is -2.40. The zero-order chi connectivity index (χ0) is 38.7. The average Bonchev–Trinajstić information content (AvgIpc) is 4.02. The summed E-state index contributed by atoms with van der Waals surface area (Å²) in [6.45, 7) is 4.06. The van der Waals surface area contributed by atoms with Crippen LogP contribution in [0.15, 0.2) is 70.0 Å². The Kier molecular flexibility index (Phi) is 13.0. The summed E-state index contributed by atoms with van der Waals surface area (Å²) >= 11 is 12.0. The van der Waals surface area contributed by atoms with Gasteiger partial charge in [0, 0.05) is 47.4 Å². The molecule has 2 N–H and O–H groups in total. The molecule has 0 radical (unpaired) electrons. The van der Waals surface area contributed by atoms with Crippen LogP contribution in [0.5, 0.6) is 0 Å². The number of hydrogen-bond acceptors (Lipinski definition) is 14. The first-order valence-electron chi connectivity index (χ1n) is 18.2. The minimum atomic E-state index is -0.0689. The lowest BCUT2D eigenvalue weighted by Gasteiger charge is -2.23. The number of nitrogens with zero attached hydrogens (tertiary/aromatic N) is 12. The van der Waals surface area contributed by atoms with Gasteiger partial charge in [0.15, 0.2) is 0 Å². The molecule has 0 bridgehead atoms. The number of hydrogen-bond donors (Lipinski definition) is 2. The van der Waals surface area contributed by atoms with E-state index in [1.54, 1.807) is 33.6 Å². The zero-order valence-electron chi connectivity index (χ0n) is 30.4. The predicted molar refractivity (Wildman–Crippen MR) is 203 cm³/mol. The minimum Gasteiger partial charge on any atom is -0.355 e. The van der Waals surface area contributed by atoms with Crippen molar-refractivity contribution >= 4 is 35.0 Å². The molecule has 2 aromatic carbocycles. The molecule has 1 aliphatic heterocycles. The number of carbonyl (C=O) groups is 2. The Bertz CT molecular complexity index is 2030. The van der Waals surface area contributed by atoms with Crippen molar-refractivity contribution in [2.45, 2.75) is 51.9 Å². The maximum atomic E-state index is 12.9. The molecule has 4 aromatic heterocycles. The molecule has 0 saturated carbocycles. The molecule has 56 heavy (non-hydrogen) atoms. The second-order valence-corrected chi connectivity index (χ2v) is 14.3. The Labute approximate surface area is 331 Å². The summed E-state index contributed by atoms with van der Waals surface area (Å²) < 4.78 is 14.1. The molecule has 0 atom stereocenters. The Morgan fingerprint density at radius 2 is 1.02 bits per heavy atom. The molecule has 1 aliphatic rings. The number of nitrogens with one attached hydrogen (secondary N) is 2. The third-order valence-electron chi connectivity index (χ3n) is 8.86. The van der Waals surface area contributed by atoms with Crippen molar-refractivity contribution < 1.29 is 18.6 Å². The smallest absolute Gasteiger partial charge is 0.248 e. The molecular formula is C36H40Cl2N14O4. The lowest BCUT2D eigenvalue weighted by molar-refractivity contribution is -0.123. The van der Waals surface area contributed by atoms with Crippen LogP contribution in [0.4, 0.5) is 0 Å². The van der Waals surface area contributed by atoms with Crippen LogP contribution in [0.1, 0.15) is 48.9 Å². The van der Waals surface area contributed by atoms with E-state index in [1.165, 1.54) is 0 Å². The summed E-state index contributed by atoms with van der Waals surface area (Å²) in [6, 6.07) is 14.4. The van der Waals surface area contributed by atoms with Gasteiger partial charge in [-0.2, -0.15) is 9.97 Å². The van der Waals surface area contributed by atoms with Crippen LogP contribution in [-0.4, -0.2) is 111 Å². The van der Waals surface area contributed by atoms with E-state index < -0.39 is 0 Å². The van der Waals surface area contributed by atoms with Crippen LogP contribution in [-0.2, 0) is 35.8 Å². The van der Waals surface area contributed by atoms with E-state index in [4.69, 9.17) is 32.2 Å². The first-order valence-corrected chi connectivity index (χ1v) is 19.0. The van der Waals surface area contributed by atoms with Crippen LogP contribution < -0.4 is 10.6 Å². The average molecular weight is 804 g/mol. The maximum absolute atomic E-state index is 12.9. The molecule has 292 valence electrons. The van der Waals surface area contributed by atoms with E-state index in [1.807, 2.05) is 36.7 Å². The van der Waals surface area contributed by atoms with E-state index in [2.05, 4.69) is 61.3 Å². The summed E-state index contributed by atoms with van der Waals surface area (Å²) in [5.74, 6) is 1.53. The molecule has 0 aliphatic carbocycles. The van der Waals surface area contributed by atoms with Gasteiger partial charge in [-0.05, 0) is 87.3 Å². The highest BCUT2D eigenvalue weighted by molar-refractivity contribution is 6.30. The van der Waals surface area contributed by atoms with Gasteiger partial charge < -0.3 is 19.7 Å². The first-order chi connectivity index (χ1) is 27.3. The summed E-state index contributed by atoms with van der Waals surface area (Å²) in [5, 5.41) is 32.6. The fourth-order valence-electron chi connectivity index (χ4n) is 6.10. The van der Waals surface area contributed by atoms with Gasteiger partial charge in [0.25, 0.3) is 0 Å². The SMILES string of the molecule is O=C1CN(Cc2cn(Cc3nc(-c4ccc(Cl)cc4)no3)nn2)CCCCN(Cc2cn(Cc3nc(-c4ccc(Cl)cc4)no3)nn2)CC(=O)NCCCCN1. The van der Waals surface area contributed by atoms with Crippen molar-refractivity contribution in [2.24, 2.45) is 0 Å². The standard InChI is InChI=1S/C36H40Cl2N14O4/c37-27-9-5-25(6-10-27)35-41-33(55-45-35)23-51-19-29(43-47-51)17-49-15-3-4-16-50(22-32(54)40-14-2-1-13-39-31(53)21-49)18-30-20-52(48-44-30)24-34-42-36(46-56-34)26-7-11-28(38)12-8-26/h5-12,19-20H,1-4,13-18,21-24H2,(H,39,53)(H,40,54). The Hall–Kier alpha value is -5.56. The highest BCUT2D eigenvalue weighted by atomic mass is 35.5.